The molecule has 2 unspecified atom stereocenters. The predicted octanol–water partition coefficient (Wildman–Crippen LogP) is 6.36. The fourth-order valence-corrected chi connectivity index (χ4v) is 4.93. The second-order valence-corrected chi connectivity index (χ2v) is 13.5. The van der Waals surface area contributed by atoms with Crippen LogP contribution in [-0.4, -0.2) is 74.9 Å². The Balaban J connectivity index is 1.44. The van der Waals surface area contributed by atoms with E-state index in [1.807, 2.05) is 45.0 Å². The van der Waals surface area contributed by atoms with Crippen LogP contribution in [0.5, 0.6) is 0 Å². The molecule has 1 aliphatic heterocycles. The fraction of sp³-hybridized carbons (Fsp3) is 0.432. The van der Waals surface area contributed by atoms with Gasteiger partial charge in [0.15, 0.2) is 6.23 Å². The summed E-state index contributed by atoms with van der Waals surface area (Å²) in [6, 6.07) is 12.9. The van der Waals surface area contributed by atoms with Gasteiger partial charge in [-0.25, -0.2) is 14.6 Å². The van der Waals surface area contributed by atoms with E-state index in [-0.39, 0.29) is 26.1 Å². The largest absolute Gasteiger partial charge is 0.444 e. The van der Waals surface area contributed by atoms with Crippen LogP contribution < -0.4 is 5.32 Å². The lowest BCUT2D eigenvalue weighted by Crippen LogP contribution is -2.41. The number of hydrogen-bond acceptors (Lipinski definition) is 8. The molecular formula is C37H44N6O6. The van der Waals surface area contributed by atoms with Crippen LogP contribution in [0.2, 0.25) is 0 Å². The first-order chi connectivity index (χ1) is 23.2. The van der Waals surface area contributed by atoms with E-state index in [0.29, 0.717) is 30.0 Å². The summed E-state index contributed by atoms with van der Waals surface area (Å²) in [5.41, 5.74) is 2.12. The minimum atomic E-state index is -0.715. The Morgan fingerprint density at radius 2 is 1.57 bits per heavy atom. The van der Waals surface area contributed by atoms with Gasteiger partial charge in [-0.1, -0.05) is 24.3 Å². The fourth-order valence-electron chi connectivity index (χ4n) is 4.93. The molecule has 0 radical (unpaired) electrons. The van der Waals surface area contributed by atoms with Crippen LogP contribution in [0.3, 0.4) is 0 Å². The monoisotopic (exact) mass is 668 g/mol. The number of para-hydroxylation sites is 1. The average molecular weight is 669 g/mol. The van der Waals surface area contributed by atoms with Gasteiger partial charge in [-0.2, -0.15) is 0 Å². The molecule has 2 aromatic carbocycles. The molecule has 0 saturated carbocycles. The normalized spacial score (nSPS) is 15.7. The molecule has 0 fully saturated rings. The lowest BCUT2D eigenvalue weighted by atomic mass is 10.1. The Kier molecular flexibility index (Phi) is 11.7. The highest BCUT2D eigenvalue weighted by Gasteiger charge is 2.28. The summed E-state index contributed by atoms with van der Waals surface area (Å²) >= 11 is 0. The van der Waals surface area contributed by atoms with Crippen LogP contribution in [0.1, 0.15) is 83.7 Å². The second kappa shape index (κ2) is 15.7. The van der Waals surface area contributed by atoms with Crippen molar-refractivity contribution in [2.75, 3.05) is 25.0 Å². The highest BCUT2D eigenvalue weighted by molar-refractivity contribution is 5.94. The van der Waals surface area contributed by atoms with Gasteiger partial charge in [0.25, 0.3) is 0 Å². The molecule has 1 aliphatic rings. The standard InChI is InChI=1S/C37H44N6O6/c1-9-11-19-42(34(45)48-36(3,4)5)23-30-40-28-18-14-17-27(32(28)41-30)33-38-22-29(47-33)25-15-13-16-26(21-25)39-31(44)24-43(20-12-10-2)35(46)49-37(6,7)8/h1-2,13-18,21-22,29,33H,11-12,19-20,23-24H2,3-8H3,(H,39,44)(H,40,41). The zero-order valence-electron chi connectivity index (χ0n) is 28.9. The van der Waals surface area contributed by atoms with E-state index in [1.54, 1.807) is 45.2 Å². The summed E-state index contributed by atoms with van der Waals surface area (Å²) in [5, 5.41) is 2.85. The SMILES string of the molecule is C#CCCN(CC(=O)Nc1cccc(C2C=NC(c3cccc4[nH]c(CN(CCC#C)C(=O)OC(C)(C)C)nc34)O2)c1)C(=O)OC(C)(C)C. The lowest BCUT2D eigenvalue weighted by Gasteiger charge is -2.26. The molecule has 2 atom stereocenters. The number of terminal acetylenes is 2. The maximum atomic E-state index is 13.0. The number of nitrogens with one attached hydrogen (secondary N) is 2. The quantitative estimate of drug-likeness (QED) is 0.227. The van der Waals surface area contributed by atoms with Gasteiger partial charge in [-0.05, 0) is 65.3 Å². The molecule has 49 heavy (non-hydrogen) atoms. The van der Waals surface area contributed by atoms with Crippen molar-refractivity contribution in [2.45, 2.75) is 84.5 Å². The van der Waals surface area contributed by atoms with E-state index < -0.39 is 41.6 Å². The number of ether oxygens (including phenoxy) is 3. The molecule has 0 spiro atoms. The molecule has 258 valence electrons. The van der Waals surface area contributed by atoms with Crippen LogP contribution >= 0.6 is 0 Å². The Hall–Kier alpha value is -5.33. The van der Waals surface area contributed by atoms with Gasteiger partial charge < -0.3 is 24.5 Å². The van der Waals surface area contributed by atoms with Gasteiger partial charge in [0, 0.05) is 43.4 Å². The molecular weight excluding hydrogens is 624 g/mol. The third-order valence-electron chi connectivity index (χ3n) is 7.02. The summed E-state index contributed by atoms with van der Waals surface area (Å²) in [5.74, 6) is 5.23. The van der Waals surface area contributed by atoms with Crippen LogP contribution in [0.4, 0.5) is 15.3 Å². The van der Waals surface area contributed by atoms with E-state index in [9.17, 15) is 14.4 Å². The van der Waals surface area contributed by atoms with Gasteiger partial charge >= 0.3 is 12.2 Å². The first-order valence-corrected chi connectivity index (χ1v) is 16.0. The molecule has 3 amide bonds. The van der Waals surface area contributed by atoms with Crippen LogP contribution in [-0.2, 0) is 25.5 Å². The number of hydrogen-bond donors (Lipinski definition) is 2. The van der Waals surface area contributed by atoms with Crippen molar-refractivity contribution in [3.05, 3.63) is 59.4 Å². The van der Waals surface area contributed by atoms with E-state index in [0.717, 1.165) is 16.6 Å². The summed E-state index contributed by atoms with van der Waals surface area (Å²) in [6.07, 6.45) is 11.0. The van der Waals surface area contributed by atoms with Gasteiger partial charge in [-0.3, -0.25) is 19.6 Å². The summed E-state index contributed by atoms with van der Waals surface area (Å²) in [6.45, 7) is 11.2. The molecule has 0 saturated heterocycles. The minimum absolute atomic E-state index is 0.181. The van der Waals surface area contributed by atoms with Crippen LogP contribution in [0, 0.1) is 24.7 Å². The van der Waals surface area contributed by atoms with Gasteiger partial charge in [0.05, 0.1) is 17.6 Å². The number of amides is 3. The Morgan fingerprint density at radius 3 is 2.22 bits per heavy atom. The number of aromatic amines is 1. The zero-order valence-corrected chi connectivity index (χ0v) is 28.9. The van der Waals surface area contributed by atoms with Gasteiger partial charge in [-0.15, -0.1) is 24.7 Å². The first-order valence-electron chi connectivity index (χ1n) is 16.0. The van der Waals surface area contributed by atoms with E-state index in [4.69, 9.17) is 32.0 Å². The molecule has 12 nitrogen and oxygen atoms in total. The van der Waals surface area contributed by atoms with E-state index in [2.05, 4.69) is 27.1 Å². The number of anilines is 1. The Bertz CT molecular complexity index is 1770. The highest BCUT2D eigenvalue weighted by atomic mass is 16.6. The number of nitrogens with zero attached hydrogens (tertiary/aromatic N) is 4. The van der Waals surface area contributed by atoms with Gasteiger partial charge in [0.1, 0.15) is 29.7 Å². The number of rotatable bonds is 11. The molecule has 12 heteroatoms. The van der Waals surface area contributed by atoms with E-state index >= 15 is 0 Å². The second-order valence-electron chi connectivity index (χ2n) is 13.5. The van der Waals surface area contributed by atoms with Gasteiger partial charge in [0.2, 0.25) is 5.91 Å². The third-order valence-corrected chi connectivity index (χ3v) is 7.02. The molecule has 3 aromatic rings. The van der Waals surface area contributed by atoms with E-state index in [1.165, 1.54) is 9.80 Å². The zero-order chi connectivity index (χ0) is 35.8. The van der Waals surface area contributed by atoms with Crippen molar-refractivity contribution >= 4 is 41.0 Å². The number of benzene rings is 2. The number of imidazole rings is 1. The number of aromatic nitrogens is 2. The predicted molar refractivity (Wildman–Crippen MR) is 188 cm³/mol. The van der Waals surface area contributed by atoms with Crippen molar-refractivity contribution in [2.24, 2.45) is 4.99 Å². The maximum absolute atomic E-state index is 13.0. The lowest BCUT2D eigenvalue weighted by molar-refractivity contribution is -0.117. The number of carbonyl (C=O) groups is 3. The van der Waals surface area contributed by atoms with Crippen LogP contribution in [0.25, 0.3) is 11.0 Å². The molecule has 2 heterocycles. The average Bonchev–Trinajstić information content (AvgIpc) is 3.67. The van der Waals surface area contributed by atoms with Crippen LogP contribution in [0.15, 0.2) is 47.5 Å². The molecule has 1 aromatic heterocycles. The number of fused-ring (bicyclic) bond motifs is 1. The molecule has 2 N–H and O–H groups in total. The Labute approximate surface area is 287 Å². The van der Waals surface area contributed by atoms with Crippen molar-refractivity contribution in [3.8, 4) is 24.7 Å². The summed E-state index contributed by atoms with van der Waals surface area (Å²) in [4.78, 5) is 54.0. The smallest absolute Gasteiger partial charge is 0.410 e. The number of aliphatic imine (C=N–C) groups is 1. The molecule has 0 aliphatic carbocycles. The summed E-state index contributed by atoms with van der Waals surface area (Å²) in [7, 11) is 0. The third kappa shape index (κ3) is 10.6. The van der Waals surface area contributed by atoms with Crippen molar-refractivity contribution < 1.29 is 28.6 Å². The molecule has 0 bridgehead atoms. The molecule has 4 rings (SSSR count). The van der Waals surface area contributed by atoms with Crippen molar-refractivity contribution in [1.82, 2.24) is 19.8 Å². The topological polar surface area (TPSA) is 138 Å². The maximum Gasteiger partial charge on any atom is 0.410 e. The van der Waals surface area contributed by atoms with Crippen molar-refractivity contribution in [3.63, 3.8) is 0 Å². The highest BCUT2D eigenvalue weighted by Crippen LogP contribution is 2.35. The summed E-state index contributed by atoms with van der Waals surface area (Å²) < 4.78 is 17.4. The number of H-pyrrole nitrogens is 1. The Morgan fingerprint density at radius 1 is 0.939 bits per heavy atom. The minimum Gasteiger partial charge on any atom is -0.444 e. The number of carbonyl (C=O) groups excluding carboxylic acids is 3. The van der Waals surface area contributed by atoms with Crippen molar-refractivity contribution in [1.29, 1.82) is 0 Å². The first kappa shape index (κ1) is 36.5.